The van der Waals surface area contributed by atoms with E-state index in [-0.39, 0.29) is 17.0 Å². The lowest BCUT2D eigenvalue weighted by Gasteiger charge is -2.04. The standard InChI is InChI=1S/C13H11N3O3/c17-12(14-7-9-4-2-1-3-5-9)10-6-11(13(18)19)16-8-15-10/h1-6,8H,7H2,(H,14,17)(H,18,19)/i7D2. The number of carboxylic acids is 1. The first kappa shape index (κ1) is 10.2. The van der Waals surface area contributed by atoms with Crippen LogP contribution in [-0.4, -0.2) is 27.0 Å². The molecule has 0 spiro atoms. The summed E-state index contributed by atoms with van der Waals surface area (Å²) in [7, 11) is 0. The molecule has 2 rings (SSSR count). The molecule has 6 nitrogen and oxygen atoms in total. The lowest BCUT2D eigenvalue weighted by Crippen LogP contribution is -2.24. The number of carboxylic acid groups (broad SMARTS) is 1. The van der Waals surface area contributed by atoms with Gasteiger partial charge in [-0.2, -0.15) is 0 Å². The van der Waals surface area contributed by atoms with Crippen LogP contribution in [0.5, 0.6) is 0 Å². The molecule has 0 saturated carbocycles. The van der Waals surface area contributed by atoms with Crippen LogP contribution in [0.4, 0.5) is 0 Å². The molecule has 0 unspecified atom stereocenters. The Kier molecular flexibility index (Phi) is 3.07. The minimum absolute atomic E-state index is 0.220. The average molecular weight is 259 g/mol. The first-order valence-electron chi connectivity index (χ1n) is 6.33. The number of amides is 1. The molecule has 0 aliphatic heterocycles. The summed E-state index contributed by atoms with van der Waals surface area (Å²) in [6.07, 6.45) is 0.941. The highest BCUT2D eigenvalue weighted by molar-refractivity contribution is 5.94. The zero-order chi connectivity index (χ0) is 15.5. The summed E-state index contributed by atoms with van der Waals surface area (Å²) < 4.78 is 15.7. The fourth-order valence-electron chi connectivity index (χ4n) is 1.31. The van der Waals surface area contributed by atoms with Crippen molar-refractivity contribution in [1.82, 2.24) is 15.3 Å². The third-order valence-electron chi connectivity index (χ3n) is 2.21. The van der Waals surface area contributed by atoms with Crippen LogP contribution in [0.2, 0.25) is 0 Å². The Morgan fingerprint density at radius 1 is 1.21 bits per heavy atom. The molecule has 6 heteroatoms. The zero-order valence-electron chi connectivity index (χ0n) is 11.7. The summed E-state index contributed by atoms with van der Waals surface area (Å²) >= 11 is 0. The van der Waals surface area contributed by atoms with Gasteiger partial charge in [0.25, 0.3) is 5.91 Å². The normalized spacial score (nSPS) is 12.2. The molecule has 0 radical (unpaired) electrons. The van der Waals surface area contributed by atoms with Gasteiger partial charge in [0, 0.05) is 12.6 Å². The summed E-state index contributed by atoms with van der Waals surface area (Å²) in [4.78, 5) is 29.9. The molecular formula is C13H11N3O3. The topological polar surface area (TPSA) is 92.2 Å². The highest BCUT2D eigenvalue weighted by Gasteiger charge is 2.11. The second-order valence-corrected chi connectivity index (χ2v) is 3.54. The summed E-state index contributed by atoms with van der Waals surface area (Å²) in [5.74, 6) is -2.12. The maximum atomic E-state index is 12.0. The number of aromatic carboxylic acids is 1. The van der Waals surface area contributed by atoms with Crippen LogP contribution in [0.1, 0.15) is 29.3 Å². The van der Waals surface area contributed by atoms with Crippen LogP contribution in [0.3, 0.4) is 0 Å². The molecule has 1 heterocycles. The number of rotatable bonds is 4. The van der Waals surface area contributed by atoms with Gasteiger partial charge in [-0.15, -0.1) is 0 Å². The van der Waals surface area contributed by atoms with E-state index in [4.69, 9.17) is 7.85 Å². The predicted molar refractivity (Wildman–Crippen MR) is 66.6 cm³/mol. The Bertz CT molecular complexity index is 677. The van der Waals surface area contributed by atoms with Gasteiger partial charge in [-0.05, 0) is 5.56 Å². The van der Waals surface area contributed by atoms with Crippen molar-refractivity contribution in [2.24, 2.45) is 0 Å². The van der Waals surface area contributed by atoms with E-state index in [0.717, 1.165) is 12.4 Å². The van der Waals surface area contributed by atoms with Gasteiger partial charge >= 0.3 is 5.97 Å². The molecule has 2 N–H and O–H groups in total. The summed E-state index contributed by atoms with van der Waals surface area (Å²) in [6, 6.07) is 9.06. The van der Waals surface area contributed by atoms with E-state index in [2.05, 4.69) is 15.3 Å². The van der Waals surface area contributed by atoms with Crippen molar-refractivity contribution < 1.29 is 17.4 Å². The van der Waals surface area contributed by atoms with Gasteiger partial charge in [-0.25, -0.2) is 14.8 Å². The molecule has 0 fully saturated rings. The van der Waals surface area contributed by atoms with Crippen molar-refractivity contribution in [3.63, 3.8) is 0 Å². The SMILES string of the molecule is [2H]C([2H])(NC(=O)c1cc(C(=O)O)ncn1)c1ccccc1. The lowest BCUT2D eigenvalue weighted by atomic mass is 10.2. The van der Waals surface area contributed by atoms with Gasteiger partial charge < -0.3 is 10.4 Å². The maximum Gasteiger partial charge on any atom is 0.354 e. The highest BCUT2D eigenvalue weighted by Crippen LogP contribution is 2.01. The largest absolute Gasteiger partial charge is 0.477 e. The lowest BCUT2D eigenvalue weighted by molar-refractivity contribution is 0.0690. The van der Waals surface area contributed by atoms with E-state index in [1.165, 1.54) is 12.1 Å². The number of aromatic nitrogens is 2. The molecule has 0 saturated heterocycles. The van der Waals surface area contributed by atoms with Crippen LogP contribution in [0.15, 0.2) is 42.7 Å². The Labute approximate surface area is 111 Å². The summed E-state index contributed by atoms with van der Waals surface area (Å²) in [5, 5.41) is 11.0. The quantitative estimate of drug-likeness (QED) is 0.857. The molecule has 96 valence electrons. The van der Waals surface area contributed by atoms with Crippen LogP contribution in [-0.2, 0) is 6.50 Å². The highest BCUT2D eigenvalue weighted by atomic mass is 16.4. The monoisotopic (exact) mass is 259 g/mol. The predicted octanol–water partition coefficient (Wildman–Crippen LogP) is 1.10. The van der Waals surface area contributed by atoms with Crippen LogP contribution in [0.25, 0.3) is 0 Å². The number of carbonyl (C=O) groups excluding carboxylic acids is 1. The molecule has 19 heavy (non-hydrogen) atoms. The number of benzene rings is 1. The minimum atomic E-state index is -2.10. The third kappa shape index (κ3) is 3.35. The first-order chi connectivity index (χ1) is 9.90. The van der Waals surface area contributed by atoms with Crippen molar-refractivity contribution >= 4 is 11.9 Å². The fraction of sp³-hybridized carbons (Fsp3) is 0.0769. The Morgan fingerprint density at radius 2 is 1.89 bits per heavy atom. The number of hydrogen-bond donors (Lipinski definition) is 2. The van der Waals surface area contributed by atoms with Gasteiger partial charge in [-0.3, -0.25) is 4.79 Å². The first-order valence-corrected chi connectivity index (χ1v) is 5.33. The second kappa shape index (κ2) is 5.72. The Morgan fingerprint density at radius 3 is 2.58 bits per heavy atom. The van der Waals surface area contributed by atoms with E-state index < -0.39 is 18.4 Å². The number of nitrogens with zero attached hydrogens (tertiary/aromatic N) is 2. The van der Waals surface area contributed by atoms with E-state index >= 15 is 0 Å². The summed E-state index contributed by atoms with van der Waals surface area (Å²) in [6.45, 7) is -2.10. The number of nitrogens with one attached hydrogen (secondary N) is 1. The van der Waals surface area contributed by atoms with Crippen molar-refractivity contribution in [3.05, 3.63) is 59.7 Å². The van der Waals surface area contributed by atoms with Gasteiger partial charge in [0.15, 0.2) is 5.69 Å². The maximum absolute atomic E-state index is 12.0. The van der Waals surface area contributed by atoms with E-state index in [1.807, 2.05) is 0 Å². The van der Waals surface area contributed by atoms with Crippen molar-refractivity contribution in [2.75, 3.05) is 0 Å². The van der Waals surface area contributed by atoms with E-state index in [1.54, 1.807) is 18.2 Å². The Balaban J connectivity index is 2.21. The molecule has 1 aromatic carbocycles. The van der Waals surface area contributed by atoms with Gasteiger partial charge in [-0.1, -0.05) is 30.3 Å². The Hall–Kier alpha value is -2.76. The van der Waals surface area contributed by atoms with Gasteiger partial charge in [0.05, 0.1) is 2.74 Å². The third-order valence-corrected chi connectivity index (χ3v) is 2.21. The molecule has 2 aromatic rings. The van der Waals surface area contributed by atoms with Crippen LogP contribution >= 0.6 is 0 Å². The van der Waals surface area contributed by atoms with Crippen LogP contribution < -0.4 is 5.32 Å². The molecule has 0 aliphatic rings. The summed E-state index contributed by atoms with van der Waals surface area (Å²) in [5.41, 5.74) is -0.288. The van der Waals surface area contributed by atoms with Gasteiger partial charge in [0.2, 0.25) is 0 Å². The second-order valence-electron chi connectivity index (χ2n) is 3.54. The molecule has 0 atom stereocenters. The molecular weight excluding hydrogens is 246 g/mol. The van der Waals surface area contributed by atoms with Crippen LogP contribution in [0, 0.1) is 0 Å². The smallest absolute Gasteiger partial charge is 0.354 e. The number of hydrogen-bond acceptors (Lipinski definition) is 4. The minimum Gasteiger partial charge on any atom is -0.477 e. The van der Waals surface area contributed by atoms with E-state index in [0.29, 0.717) is 0 Å². The molecule has 1 aromatic heterocycles. The van der Waals surface area contributed by atoms with E-state index in [9.17, 15) is 9.59 Å². The van der Waals surface area contributed by atoms with Crippen molar-refractivity contribution in [2.45, 2.75) is 6.50 Å². The van der Waals surface area contributed by atoms with Gasteiger partial charge in [0.1, 0.15) is 12.0 Å². The average Bonchev–Trinajstić information content (AvgIpc) is 2.48. The molecule has 0 bridgehead atoms. The number of carbonyl (C=O) groups is 2. The fourth-order valence-corrected chi connectivity index (χ4v) is 1.31. The van der Waals surface area contributed by atoms with Crippen molar-refractivity contribution in [3.8, 4) is 0 Å². The molecule has 1 amide bonds. The molecule has 0 aliphatic carbocycles. The zero-order valence-corrected chi connectivity index (χ0v) is 9.70. The van der Waals surface area contributed by atoms with Crippen molar-refractivity contribution in [1.29, 1.82) is 0 Å².